The topological polar surface area (TPSA) is 262 Å². The van der Waals surface area contributed by atoms with Gasteiger partial charge in [0.05, 0.1) is 12.2 Å². The SMILES string of the molecule is CCCCCCCCCCCCCCOC(=O)CC[C@H]1NC(=O)[C@@H]2CCCN2C(=O)[C@H](Cc2ccccc2)N(C)C(=O)[C@H](Cc2ccccc2)NC(=O)[C@H](C(C)C)N(C)C(=O)[C@H]([C@H](C)CC)OC(=O)[C@H](C(C)(C)O)N(C)C(=O)[C@H](CC(C)C)NC(=O)[C@H](C(C)C)N(C)C1=O. The summed E-state index contributed by atoms with van der Waals surface area (Å²) in [6, 6.07) is 7.23. The number of fused-ring (bicyclic) bond motifs is 1. The van der Waals surface area contributed by atoms with Gasteiger partial charge in [-0.25, -0.2) is 4.79 Å². The Balaban J connectivity index is 1.86. The van der Waals surface area contributed by atoms with Crippen molar-refractivity contribution in [3.05, 3.63) is 71.8 Å². The van der Waals surface area contributed by atoms with E-state index in [1.54, 1.807) is 77.9 Å². The average Bonchev–Trinajstić information content (AvgIpc) is 1.15. The van der Waals surface area contributed by atoms with Crippen LogP contribution in [0.1, 0.15) is 203 Å². The normalized spacial score (nSPS) is 23.8. The lowest BCUT2D eigenvalue weighted by Crippen LogP contribution is -2.62. The molecule has 0 radical (unpaired) electrons. The number of ether oxygens (including phenoxy) is 2. The molecule has 2 saturated heterocycles. The van der Waals surface area contributed by atoms with Crippen molar-refractivity contribution in [1.82, 2.24) is 40.4 Å². The molecule has 8 amide bonds. The number of hydrogen-bond donors (Lipinski definition) is 4. The number of unbranched alkanes of at least 4 members (excludes halogenated alkanes) is 11. The number of likely N-dealkylation sites (N-methyl/N-ethyl adjacent to an activating group) is 4. The van der Waals surface area contributed by atoms with Gasteiger partial charge in [0.15, 0.2) is 12.1 Å². The van der Waals surface area contributed by atoms with Crippen molar-refractivity contribution in [2.45, 2.75) is 265 Å². The number of nitrogens with zero attached hydrogens (tertiary/aromatic N) is 5. The van der Waals surface area contributed by atoms with E-state index < -0.39 is 137 Å². The van der Waals surface area contributed by atoms with Crippen molar-refractivity contribution < 1.29 is 62.5 Å². The van der Waals surface area contributed by atoms with Crippen molar-refractivity contribution in [1.29, 1.82) is 0 Å². The van der Waals surface area contributed by atoms with Gasteiger partial charge in [-0.05, 0) is 81.3 Å². The zero-order valence-electron chi connectivity index (χ0n) is 59.4. The van der Waals surface area contributed by atoms with E-state index in [1.165, 1.54) is 107 Å². The van der Waals surface area contributed by atoms with Crippen LogP contribution in [0.2, 0.25) is 0 Å². The van der Waals surface area contributed by atoms with E-state index in [1.807, 2.05) is 38.1 Å². The van der Waals surface area contributed by atoms with E-state index in [4.69, 9.17) is 9.47 Å². The summed E-state index contributed by atoms with van der Waals surface area (Å²) in [4.78, 5) is 156. The Labute approximate surface area is 561 Å². The smallest absolute Gasteiger partial charge is 0.332 e. The van der Waals surface area contributed by atoms with Crippen molar-refractivity contribution in [3.8, 4) is 0 Å². The minimum Gasteiger partial charge on any atom is -0.466 e. The maximum Gasteiger partial charge on any atom is 0.332 e. The minimum atomic E-state index is -2.01. The number of benzene rings is 2. The molecule has 21 nitrogen and oxygen atoms in total. The Morgan fingerprint density at radius 1 is 0.585 bits per heavy atom. The molecule has 0 unspecified atom stereocenters. The molecule has 526 valence electrons. The predicted molar refractivity (Wildman–Crippen MR) is 363 cm³/mol. The lowest BCUT2D eigenvalue weighted by Gasteiger charge is -2.39. The number of esters is 2. The highest BCUT2D eigenvalue weighted by Crippen LogP contribution is 2.27. The molecule has 4 rings (SSSR count). The fraction of sp³-hybridized carbons (Fsp3) is 0.699. The minimum absolute atomic E-state index is 0.00000282. The summed E-state index contributed by atoms with van der Waals surface area (Å²) in [7, 11) is 5.56. The zero-order chi connectivity index (χ0) is 70.0. The third-order valence-electron chi connectivity index (χ3n) is 18.5. The van der Waals surface area contributed by atoms with Gasteiger partial charge < -0.3 is 55.0 Å². The highest BCUT2D eigenvalue weighted by molar-refractivity contribution is 5.99. The van der Waals surface area contributed by atoms with Gasteiger partial charge in [-0.1, -0.05) is 194 Å². The van der Waals surface area contributed by atoms with E-state index in [9.17, 15) is 24.3 Å². The van der Waals surface area contributed by atoms with E-state index in [0.717, 1.165) is 30.6 Å². The Hall–Kier alpha value is -6.90. The van der Waals surface area contributed by atoms with Crippen LogP contribution in [-0.4, -0.2) is 190 Å². The number of hydrogen-bond acceptors (Lipinski definition) is 13. The van der Waals surface area contributed by atoms with Crippen LogP contribution < -0.4 is 16.0 Å². The summed E-state index contributed by atoms with van der Waals surface area (Å²) in [5, 5.41) is 20.5. The summed E-state index contributed by atoms with van der Waals surface area (Å²) in [6.45, 7) is 19.1. The first-order chi connectivity index (χ1) is 44.5. The fourth-order valence-corrected chi connectivity index (χ4v) is 13.0. The number of aliphatic hydroxyl groups is 1. The summed E-state index contributed by atoms with van der Waals surface area (Å²) in [6.07, 6.45) is 12.4. The molecule has 0 bridgehead atoms. The molecule has 0 saturated carbocycles. The summed E-state index contributed by atoms with van der Waals surface area (Å²) in [5.41, 5.74) is -0.645. The van der Waals surface area contributed by atoms with Crippen LogP contribution in [0.3, 0.4) is 0 Å². The van der Waals surface area contributed by atoms with Crippen molar-refractivity contribution in [2.24, 2.45) is 23.7 Å². The second-order valence-corrected chi connectivity index (χ2v) is 28.0. The average molecular weight is 1310 g/mol. The molecule has 0 aliphatic carbocycles. The number of carbonyl (C=O) groups is 10. The van der Waals surface area contributed by atoms with Crippen LogP contribution in [0, 0.1) is 23.7 Å². The van der Waals surface area contributed by atoms with Crippen LogP contribution in [0.15, 0.2) is 60.7 Å². The monoisotopic (exact) mass is 1310 g/mol. The maximum atomic E-state index is 15.5. The molecule has 94 heavy (non-hydrogen) atoms. The standard InChI is InChI=1S/C73H116N8O13/c1-16-18-19-20-21-22-23-24-25-26-27-34-44-93-59(82)42-41-54-67(86)78(13)60(49(5)6)65(84)75-55(45-48(3)4)69(88)80(15)63(73(10,11)92)72(91)94-62(51(9)17-2)71(90)79(14)61(50(7)8)66(85)76-56(46-52-36-30-28-31-37-52)68(87)77(12)58(47-53-38-32-29-33-39-53)70(89)81-43-35-40-57(81)64(83)74-54/h28-33,36-39,48-51,54-58,60-63,92H,16-27,34-35,40-47H2,1-15H3,(H,74,83)(H,75,84)(H,76,85)/t51-,54-,55+,56+,57+,58+,60+,61+,62+,63-/m1/s1. The number of cyclic esters (lactones) is 1. The highest BCUT2D eigenvalue weighted by atomic mass is 16.6. The molecular weight excluding hydrogens is 1200 g/mol. The van der Waals surface area contributed by atoms with Crippen molar-refractivity contribution in [2.75, 3.05) is 41.3 Å². The first-order valence-corrected chi connectivity index (χ1v) is 34.9. The van der Waals surface area contributed by atoms with Gasteiger partial charge in [0.2, 0.25) is 41.4 Å². The molecular formula is C73H116N8O13. The first kappa shape index (κ1) is 79.5. The third kappa shape index (κ3) is 23.8. The molecule has 2 aromatic carbocycles. The molecule has 10 atom stereocenters. The molecule has 0 spiro atoms. The first-order valence-electron chi connectivity index (χ1n) is 34.9. The van der Waals surface area contributed by atoms with Gasteiger partial charge in [0.25, 0.3) is 5.91 Å². The van der Waals surface area contributed by atoms with Crippen molar-refractivity contribution in [3.63, 3.8) is 0 Å². The van der Waals surface area contributed by atoms with E-state index in [-0.39, 0.29) is 57.6 Å². The van der Waals surface area contributed by atoms with Crippen LogP contribution in [0.25, 0.3) is 0 Å². The van der Waals surface area contributed by atoms with Crippen molar-refractivity contribution >= 4 is 59.2 Å². The molecule has 2 heterocycles. The Bertz CT molecular complexity index is 2760. The van der Waals surface area contributed by atoms with Crippen LogP contribution in [0.4, 0.5) is 0 Å². The Kier molecular flexibility index (Phi) is 33.2. The summed E-state index contributed by atoms with van der Waals surface area (Å²) in [5.74, 6) is -9.54. The molecule has 2 aliphatic rings. The van der Waals surface area contributed by atoms with Gasteiger partial charge in [0.1, 0.15) is 42.3 Å². The van der Waals surface area contributed by atoms with Crippen LogP contribution in [-0.2, 0) is 70.3 Å². The van der Waals surface area contributed by atoms with Gasteiger partial charge in [-0.2, -0.15) is 0 Å². The number of amides is 8. The highest BCUT2D eigenvalue weighted by Gasteiger charge is 2.48. The van der Waals surface area contributed by atoms with Crippen LogP contribution in [0.5, 0.6) is 0 Å². The Morgan fingerprint density at radius 2 is 1.05 bits per heavy atom. The second kappa shape index (κ2) is 39.2. The largest absolute Gasteiger partial charge is 0.466 e. The summed E-state index contributed by atoms with van der Waals surface area (Å²) >= 11 is 0. The predicted octanol–water partition coefficient (Wildman–Crippen LogP) is 8.35. The quantitative estimate of drug-likeness (QED) is 0.0485. The molecule has 0 aromatic heterocycles. The lowest BCUT2D eigenvalue weighted by atomic mass is 9.94. The fourth-order valence-electron chi connectivity index (χ4n) is 13.0. The second-order valence-electron chi connectivity index (χ2n) is 28.0. The molecule has 21 heteroatoms. The summed E-state index contributed by atoms with van der Waals surface area (Å²) < 4.78 is 11.8. The Morgan fingerprint density at radius 3 is 1.55 bits per heavy atom. The maximum absolute atomic E-state index is 15.5. The third-order valence-corrected chi connectivity index (χ3v) is 18.5. The van der Waals surface area contributed by atoms with Gasteiger partial charge in [-0.3, -0.25) is 43.2 Å². The number of rotatable bonds is 27. The van der Waals surface area contributed by atoms with Gasteiger partial charge >= 0.3 is 11.9 Å². The van der Waals surface area contributed by atoms with Crippen LogP contribution >= 0.6 is 0 Å². The number of nitrogens with one attached hydrogen (secondary N) is 3. The van der Waals surface area contributed by atoms with E-state index in [0.29, 0.717) is 30.4 Å². The zero-order valence-corrected chi connectivity index (χ0v) is 59.4. The molecule has 2 aliphatic heterocycles. The van der Waals surface area contributed by atoms with Gasteiger partial charge in [-0.15, -0.1) is 0 Å². The molecule has 4 N–H and O–H groups in total. The number of carbonyl (C=O) groups excluding carboxylic acids is 10. The van der Waals surface area contributed by atoms with E-state index in [2.05, 4.69) is 22.9 Å². The lowest BCUT2D eigenvalue weighted by molar-refractivity contribution is -0.177. The van der Waals surface area contributed by atoms with Gasteiger partial charge in [0, 0.05) is 59.9 Å². The molecule has 2 fully saturated rings. The van der Waals surface area contributed by atoms with E-state index >= 15 is 28.8 Å². The molecule has 2 aromatic rings.